The van der Waals surface area contributed by atoms with Gasteiger partial charge in [-0.2, -0.15) is 0 Å². The maximum atomic E-state index is 8.66. The summed E-state index contributed by atoms with van der Waals surface area (Å²) in [7, 11) is 0. The third-order valence-corrected chi connectivity index (χ3v) is 7.03. The van der Waals surface area contributed by atoms with Gasteiger partial charge in [0.1, 0.15) is 0 Å². The minimum absolute atomic E-state index is 0.361. The number of rotatable bonds is 5. The van der Waals surface area contributed by atoms with Gasteiger partial charge in [0.15, 0.2) is 0 Å². The first-order chi connectivity index (χ1) is 16.8. The van der Waals surface area contributed by atoms with Crippen molar-refractivity contribution in [2.45, 2.75) is 11.8 Å². The second kappa shape index (κ2) is 8.28. The highest BCUT2D eigenvalue weighted by Gasteiger charge is 2.45. The van der Waals surface area contributed by atoms with Crippen LogP contribution in [0.1, 0.15) is 33.4 Å². The zero-order chi connectivity index (χ0) is 23.0. The summed E-state index contributed by atoms with van der Waals surface area (Å²) in [6.07, 6.45) is 0.614. The summed E-state index contributed by atoms with van der Waals surface area (Å²) >= 11 is 0. The maximum absolute atomic E-state index is 8.66. The summed E-state index contributed by atoms with van der Waals surface area (Å²) in [6.45, 7) is 0. The molecular weight excluding hydrogens is 410 g/mol. The van der Waals surface area contributed by atoms with Crippen LogP contribution in [0.4, 0.5) is 0 Å². The van der Waals surface area contributed by atoms with Gasteiger partial charge in [-0.3, -0.25) is 0 Å². The van der Waals surface area contributed by atoms with Crippen LogP contribution in [0.25, 0.3) is 11.1 Å². The highest BCUT2D eigenvalue weighted by molar-refractivity contribution is 6.00. The topological polar surface area (TPSA) is 23.9 Å². The SMILES string of the molecule is N=C(Cc1ccc2c(c1)-c1ccccc1C2(c1ccccc1)c1ccccc1)c1ccccc1. The molecule has 162 valence electrons. The predicted octanol–water partition coefficient (Wildman–Crippen LogP) is 7.66. The Hall–Kier alpha value is -4.23. The van der Waals surface area contributed by atoms with Gasteiger partial charge < -0.3 is 5.41 Å². The van der Waals surface area contributed by atoms with Gasteiger partial charge in [0, 0.05) is 12.1 Å². The van der Waals surface area contributed by atoms with E-state index >= 15 is 0 Å². The van der Waals surface area contributed by atoms with Crippen LogP contribution in [-0.4, -0.2) is 5.71 Å². The molecule has 0 radical (unpaired) electrons. The van der Waals surface area contributed by atoms with Crippen molar-refractivity contribution in [2.75, 3.05) is 0 Å². The Morgan fingerprint density at radius 1 is 0.529 bits per heavy atom. The minimum atomic E-state index is -0.361. The van der Waals surface area contributed by atoms with Crippen molar-refractivity contribution in [3.63, 3.8) is 0 Å². The molecule has 0 heterocycles. The molecule has 6 rings (SSSR count). The first-order valence-corrected chi connectivity index (χ1v) is 11.8. The highest BCUT2D eigenvalue weighted by Crippen LogP contribution is 2.56. The van der Waals surface area contributed by atoms with Gasteiger partial charge >= 0.3 is 0 Å². The molecule has 0 spiro atoms. The van der Waals surface area contributed by atoms with Crippen LogP contribution < -0.4 is 0 Å². The van der Waals surface area contributed by atoms with Crippen molar-refractivity contribution in [2.24, 2.45) is 0 Å². The molecule has 1 aliphatic carbocycles. The van der Waals surface area contributed by atoms with Crippen LogP contribution in [0.5, 0.6) is 0 Å². The molecule has 0 saturated carbocycles. The minimum Gasteiger partial charge on any atom is -0.304 e. The van der Waals surface area contributed by atoms with Crippen molar-refractivity contribution in [3.8, 4) is 11.1 Å². The Balaban J connectivity index is 1.56. The van der Waals surface area contributed by atoms with Crippen LogP contribution in [-0.2, 0) is 11.8 Å². The number of benzene rings is 5. The van der Waals surface area contributed by atoms with Crippen LogP contribution >= 0.6 is 0 Å². The molecule has 0 aliphatic heterocycles. The third kappa shape index (κ3) is 3.13. The second-order valence-corrected chi connectivity index (χ2v) is 8.93. The number of fused-ring (bicyclic) bond motifs is 3. The lowest BCUT2D eigenvalue weighted by molar-refractivity contribution is 0.768. The van der Waals surface area contributed by atoms with Gasteiger partial charge in [0.05, 0.1) is 5.41 Å². The molecule has 1 N–H and O–H groups in total. The summed E-state index contributed by atoms with van der Waals surface area (Å²) in [5, 5.41) is 8.66. The molecule has 34 heavy (non-hydrogen) atoms. The molecule has 1 aliphatic rings. The van der Waals surface area contributed by atoms with E-state index in [9.17, 15) is 0 Å². The van der Waals surface area contributed by atoms with Gasteiger partial charge in [-0.1, -0.05) is 133 Å². The van der Waals surface area contributed by atoms with E-state index in [4.69, 9.17) is 5.41 Å². The van der Waals surface area contributed by atoms with Crippen molar-refractivity contribution in [3.05, 3.63) is 167 Å². The summed E-state index contributed by atoms with van der Waals surface area (Å²) in [4.78, 5) is 0. The molecule has 5 aromatic rings. The van der Waals surface area contributed by atoms with Crippen LogP contribution in [0, 0.1) is 5.41 Å². The molecule has 0 unspecified atom stereocenters. The number of nitrogens with one attached hydrogen (secondary N) is 1. The van der Waals surface area contributed by atoms with Crippen LogP contribution in [0.2, 0.25) is 0 Å². The Labute approximate surface area is 200 Å². The maximum Gasteiger partial charge on any atom is 0.0713 e. The monoisotopic (exact) mass is 435 g/mol. The van der Waals surface area contributed by atoms with Gasteiger partial charge in [-0.25, -0.2) is 0 Å². The van der Waals surface area contributed by atoms with Gasteiger partial charge in [-0.05, 0) is 44.5 Å². The molecule has 1 nitrogen and oxygen atoms in total. The van der Waals surface area contributed by atoms with Gasteiger partial charge in [-0.15, -0.1) is 0 Å². The van der Waals surface area contributed by atoms with Crippen molar-refractivity contribution in [1.82, 2.24) is 0 Å². The van der Waals surface area contributed by atoms with Crippen molar-refractivity contribution >= 4 is 5.71 Å². The molecule has 0 atom stereocenters. The van der Waals surface area contributed by atoms with Crippen molar-refractivity contribution in [1.29, 1.82) is 5.41 Å². The largest absolute Gasteiger partial charge is 0.304 e. The fourth-order valence-corrected chi connectivity index (χ4v) is 5.55. The number of hydrogen-bond donors (Lipinski definition) is 1. The summed E-state index contributed by atoms with van der Waals surface area (Å²) < 4.78 is 0. The number of hydrogen-bond acceptors (Lipinski definition) is 1. The third-order valence-electron chi connectivity index (χ3n) is 7.03. The van der Waals surface area contributed by atoms with E-state index in [-0.39, 0.29) is 5.41 Å². The lowest BCUT2D eigenvalue weighted by Crippen LogP contribution is -2.28. The molecular formula is C33H25N. The van der Waals surface area contributed by atoms with Gasteiger partial charge in [0.2, 0.25) is 0 Å². The molecule has 0 bridgehead atoms. The molecule has 0 saturated heterocycles. The molecule has 0 amide bonds. The van der Waals surface area contributed by atoms with Crippen LogP contribution in [0.15, 0.2) is 133 Å². The Bertz CT molecular complexity index is 1430. The van der Waals surface area contributed by atoms with E-state index in [2.05, 4.69) is 103 Å². The average molecular weight is 436 g/mol. The zero-order valence-electron chi connectivity index (χ0n) is 18.9. The first-order valence-electron chi connectivity index (χ1n) is 11.8. The smallest absolute Gasteiger partial charge is 0.0713 e. The molecule has 0 fully saturated rings. The Morgan fingerprint density at radius 3 is 1.71 bits per heavy atom. The van der Waals surface area contributed by atoms with Gasteiger partial charge in [0.25, 0.3) is 0 Å². The lowest BCUT2D eigenvalue weighted by Gasteiger charge is -2.33. The van der Waals surface area contributed by atoms with E-state index in [0.29, 0.717) is 12.1 Å². The van der Waals surface area contributed by atoms with E-state index < -0.39 is 0 Å². The molecule has 0 aromatic heterocycles. The first kappa shape index (κ1) is 20.4. The fourth-order valence-electron chi connectivity index (χ4n) is 5.55. The summed E-state index contributed by atoms with van der Waals surface area (Å²) in [5.41, 5.74) is 10.1. The predicted molar refractivity (Wildman–Crippen MR) is 141 cm³/mol. The van der Waals surface area contributed by atoms with E-state index in [0.717, 1.165) is 5.56 Å². The fraction of sp³-hybridized carbons (Fsp3) is 0.0606. The molecule has 1 heteroatoms. The van der Waals surface area contributed by atoms with Crippen LogP contribution in [0.3, 0.4) is 0 Å². The zero-order valence-corrected chi connectivity index (χ0v) is 18.9. The quantitative estimate of drug-likeness (QED) is 0.269. The lowest BCUT2D eigenvalue weighted by atomic mass is 9.67. The Kier molecular flexibility index (Phi) is 4.96. The standard InChI is InChI=1S/C33H25N/c34-32(25-12-4-1-5-13-25)23-24-20-21-31-29(22-24)28-18-10-11-19-30(28)33(31,26-14-6-2-7-15-26)27-16-8-3-9-17-27/h1-22,34H,23H2. The second-order valence-electron chi connectivity index (χ2n) is 8.93. The Morgan fingerprint density at radius 2 is 1.06 bits per heavy atom. The normalized spacial score (nSPS) is 13.2. The molecule has 5 aromatic carbocycles. The summed E-state index contributed by atoms with van der Waals surface area (Å²) in [5.74, 6) is 0. The average Bonchev–Trinajstić information content (AvgIpc) is 3.21. The highest BCUT2D eigenvalue weighted by atomic mass is 14.5. The summed E-state index contributed by atoms with van der Waals surface area (Å²) in [6, 6.07) is 47.3. The van der Waals surface area contributed by atoms with Crippen molar-refractivity contribution < 1.29 is 0 Å². The van der Waals surface area contributed by atoms with E-state index in [1.54, 1.807) is 0 Å². The van der Waals surface area contributed by atoms with E-state index in [1.807, 2.05) is 30.3 Å². The van der Waals surface area contributed by atoms with E-state index in [1.165, 1.54) is 38.9 Å².